The van der Waals surface area contributed by atoms with Crippen molar-refractivity contribution in [1.29, 1.82) is 0 Å². The lowest BCUT2D eigenvalue weighted by molar-refractivity contribution is -0.00591. The van der Waals surface area contributed by atoms with Crippen molar-refractivity contribution in [2.75, 3.05) is 6.61 Å². The van der Waals surface area contributed by atoms with Gasteiger partial charge in [-0.3, -0.25) is 0 Å². The number of rotatable bonds is 0. The van der Waals surface area contributed by atoms with E-state index in [4.69, 9.17) is 4.74 Å². The van der Waals surface area contributed by atoms with E-state index in [1.54, 1.807) is 0 Å². The van der Waals surface area contributed by atoms with Gasteiger partial charge in [0.25, 0.3) is 0 Å². The summed E-state index contributed by atoms with van der Waals surface area (Å²) in [5.74, 6) is 0.605. The molecule has 1 unspecified atom stereocenters. The smallest absolute Gasteiger partial charge is 0.0809 e. The SMILES string of the molecule is CC.CC1=CC(C)(C)OCC1C. The van der Waals surface area contributed by atoms with E-state index in [0.29, 0.717) is 5.92 Å². The molecule has 0 radical (unpaired) electrons. The van der Waals surface area contributed by atoms with Crippen LogP contribution >= 0.6 is 0 Å². The van der Waals surface area contributed by atoms with Crippen molar-refractivity contribution in [2.45, 2.75) is 47.1 Å². The van der Waals surface area contributed by atoms with Crippen LogP contribution in [0, 0.1) is 5.92 Å². The first-order chi connectivity index (χ1) is 5.51. The van der Waals surface area contributed by atoms with Crippen LogP contribution in [0.15, 0.2) is 11.6 Å². The van der Waals surface area contributed by atoms with Gasteiger partial charge >= 0.3 is 0 Å². The minimum absolute atomic E-state index is 0.0312. The van der Waals surface area contributed by atoms with Gasteiger partial charge in [-0.15, -0.1) is 0 Å². The summed E-state index contributed by atoms with van der Waals surface area (Å²) in [6.07, 6.45) is 2.21. The topological polar surface area (TPSA) is 9.23 Å². The van der Waals surface area contributed by atoms with Gasteiger partial charge in [0.05, 0.1) is 12.2 Å². The molecule has 0 saturated carbocycles. The summed E-state index contributed by atoms with van der Waals surface area (Å²) >= 11 is 0. The van der Waals surface area contributed by atoms with Crippen LogP contribution in [0.5, 0.6) is 0 Å². The molecule has 1 rings (SSSR count). The normalized spacial score (nSPS) is 26.8. The maximum Gasteiger partial charge on any atom is 0.0809 e. The lowest BCUT2D eigenvalue weighted by Gasteiger charge is -2.30. The fourth-order valence-electron chi connectivity index (χ4n) is 1.20. The minimum atomic E-state index is -0.0312. The quantitative estimate of drug-likeness (QED) is 0.506. The van der Waals surface area contributed by atoms with Crippen molar-refractivity contribution >= 4 is 0 Å². The van der Waals surface area contributed by atoms with Gasteiger partial charge in [-0.2, -0.15) is 0 Å². The summed E-state index contributed by atoms with van der Waals surface area (Å²) in [5.41, 5.74) is 1.42. The van der Waals surface area contributed by atoms with E-state index < -0.39 is 0 Å². The van der Waals surface area contributed by atoms with Crippen LogP contribution in [0.4, 0.5) is 0 Å². The Labute approximate surface area is 76.8 Å². The first kappa shape index (κ1) is 11.7. The molecule has 0 aromatic heterocycles. The largest absolute Gasteiger partial charge is 0.371 e. The third-order valence-electron chi connectivity index (χ3n) is 2.06. The molecule has 1 aliphatic rings. The lowest BCUT2D eigenvalue weighted by Crippen LogP contribution is -2.30. The Bertz CT molecular complexity index is 156. The highest BCUT2D eigenvalue weighted by Gasteiger charge is 2.22. The van der Waals surface area contributed by atoms with Crippen molar-refractivity contribution in [3.63, 3.8) is 0 Å². The Morgan fingerprint density at radius 2 is 1.92 bits per heavy atom. The zero-order chi connectivity index (χ0) is 9.78. The van der Waals surface area contributed by atoms with Crippen molar-refractivity contribution in [3.8, 4) is 0 Å². The first-order valence-electron chi connectivity index (χ1n) is 4.84. The van der Waals surface area contributed by atoms with Crippen LogP contribution < -0.4 is 0 Å². The summed E-state index contributed by atoms with van der Waals surface area (Å²) in [5, 5.41) is 0. The van der Waals surface area contributed by atoms with E-state index in [1.165, 1.54) is 5.57 Å². The molecule has 72 valence electrons. The molecule has 1 nitrogen and oxygen atoms in total. The summed E-state index contributed by atoms with van der Waals surface area (Å²) in [4.78, 5) is 0. The Kier molecular flexibility index (Phi) is 4.54. The van der Waals surface area contributed by atoms with Crippen LogP contribution in [0.25, 0.3) is 0 Å². The molecule has 0 N–H and O–H groups in total. The standard InChI is InChI=1S/C9H16O.C2H6/c1-7-5-9(3,4)10-6-8(7)2;1-2/h5,8H,6H2,1-4H3;1-2H3. The molecule has 1 atom stereocenters. The lowest BCUT2D eigenvalue weighted by atomic mass is 9.94. The molecule has 1 heterocycles. The molecule has 0 bridgehead atoms. The zero-order valence-corrected chi connectivity index (χ0v) is 9.27. The molecule has 0 aliphatic carbocycles. The molecule has 0 aromatic carbocycles. The predicted molar refractivity (Wildman–Crippen MR) is 54.3 cm³/mol. The Hall–Kier alpha value is -0.300. The van der Waals surface area contributed by atoms with Gasteiger partial charge in [0.15, 0.2) is 0 Å². The fraction of sp³-hybridized carbons (Fsp3) is 0.818. The fourth-order valence-corrected chi connectivity index (χ4v) is 1.20. The molecule has 1 heteroatoms. The average molecular weight is 170 g/mol. The van der Waals surface area contributed by atoms with Crippen molar-refractivity contribution in [3.05, 3.63) is 11.6 Å². The highest BCUT2D eigenvalue weighted by Crippen LogP contribution is 2.25. The van der Waals surface area contributed by atoms with Crippen molar-refractivity contribution in [1.82, 2.24) is 0 Å². The Morgan fingerprint density at radius 3 is 2.25 bits per heavy atom. The Morgan fingerprint density at radius 1 is 1.42 bits per heavy atom. The Balaban J connectivity index is 0.000000561. The van der Waals surface area contributed by atoms with Gasteiger partial charge in [0.2, 0.25) is 0 Å². The van der Waals surface area contributed by atoms with E-state index in [0.717, 1.165) is 6.61 Å². The van der Waals surface area contributed by atoms with Gasteiger partial charge < -0.3 is 4.74 Å². The highest BCUT2D eigenvalue weighted by atomic mass is 16.5. The molecule has 0 saturated heterocycles. The summed E-state index contributed by atoms with van der Waals surface area (Å²) in [6, 6.07) is 0. The third kappa shape index (κ3) is 3.40. The third-order valence-corrected chi connectivity index (χ3v) is 2.06. The molecule has 0 amide bonds. The molecule has 12 heavy (non-hydrogen) atoms. The second kappa shape index (κ2) is 4.66. The molecule has 0 spiro atoms. The highest BCUT2D eigenvalue weighted by molar-refractivity contribution is 5.12. The average Bonchev–Trinajstić information content (AvgIpc) is 2.01. The minimum Gasteiger partial charge on any atom is -0.371 e. The van der Waals surface area contributed by atoms with Crippen LogP contribution in [0.1, 0.15) is 41.5 Å². The number of ether oxygens (including phenoxy) is 1. The van der Waals surface area contributed by atoms with Gasteiger partial charge in [-0.05, 0) is 20.8 Å². The van der Waals surface area contributed by atoms with Crippen LogP contribution in [0.3, 0.4) is 0 Å². The maximum atomic E-state index is 5.57. The van der Waals surface area contributed by atoms with Crippen molar-refractivity contribution in [2.24, 2.45) is 5.92 Å². The first-order valence-corrected chi connectivity index (χ1v) is 4.84. The van der Waals surface area contributed by atoms with E-state index >= 15 is 0 Å². The second-order valence-electron chi connectivity index (χ2n) is 3.70. The summed E-state index contributed by atoms with van der Waals surface area (Å²) < 4.78 is 5.57. The summed E-state index contributed by atoms with van der Waals surface area (Å²) in [6.45, 7) is 13.4. The molecule has 0 aromatic rings. The van der Waals surface area contributed by atoms with Crippen LogP contribution in [-0.2, 0) is 4.74 Å². The van der Waals surface area contributed by atoms with E-state index in [2.05, 4.69) is 33.8 Å². The van der Waals surface area contributed by atoms with E-state index in [1.807, 2.05) is 13.8 Å². The second-order valence-corrected chi connectivity index (χ2v) is 3.70. The van der Waals surface area contributed by atoms with Gasteiger partial charge in [-0.1, -0.05) is 32.4 Å². The molecular weight excluding hydrogens is 148 g/mol. The van der Waals surface area contributed by atoms with Crippen LogP contribution in [0.2, 0.25) is 0 Å². The van der Waals surface area contributed by atoms with Gasteiger partial charge in [0, 0.05) is 5.92 Å². The van der Waals surface area contributed by atoms with E-state index in [-0.39, 0.29) is 5.60 Å². The zero-order valence-electron chi connectivity index (χ0n) is 9.27. The monoisotopic (exact) mass is 170 g/mol. The van der Waals surface area contributed by atoms with Crippen LogP contribution in [-0.4, -0.2) is 12.2 Å². The summed E-state index contributed by atoms with van der Waals surface area (Å²) in [7, 11) is 0. The van der Waals surface area contributed by atoms with E-state index in [9.17, 15) is 0 Å². The molecule has 0 fully saturated rings. The maximum absolute atomic E-state index is 5.57. The predicted octanol–water partition coefficient (Wildman–Crippen LogP) is 3.40. The van der Waals surface area contributed by atoms with Crippen molar-refractivity contribution < 1.29 is 4.74 Å². The van der Waals surface area contributed by atoms with Gasteiger partial charge in [0.1, 0.15) is 0 Å². The molecular formula is C11H22O. The van der Waals surface area contributed by atoms with Gasteiger partial charge in [-0.25, -0.2) is 0 Å². The number of hydrogen-bond acceptors (Lipinski definition) is 1. The number of hydrogen-bond donors (Lipinski definition) is 0. The molecule has 1 aliphatic heterocycles.